The normalized spacial score (nSPS) is 30.3. The van der Waals surface area contributed by atoms with E-state index in [9.17, 15) is 19.4 Å². The molecule has 1 heterocycles. The van der Waals surface area contributed by atoms with Crippen LogP contribution in [0.1, 0.15) is 24.8 Å². The van der Waals surface area contributed by atoms with E-state index in [0.717, 1.165) is 12.0 Å². The molecule has 128 valence electrons. The van der Waals surface area contributed by atoms with Gasteiger partial charge in [-0.05, 0) is 24.8 Å². The molecule has 1 amide bonds. The fourth-order valence-corrected chi connectivity index (χ4v) is 3.29. The van der Waals surface area contributed by atoms with E-state index in [2.05, 4.69) is 10.6 Å². The van der Waals surface area contributed by atoms with Crippen molar-refractivity contribution in [2.75, 3.05) is 13.7 Å². The van der Waals surface area contributed by atoms with Gasteiger partial charge in [0.1, 0.15) is 12.3 Å². The average Bonchev–Trinajstić information content (AvgIpc) is 2.80. The molecule has 0 unspecified atom stereocenters. The first-order valence-electron chi connectivity index (χ1n) is 7.97. The van der Waals surface area contributed by atoms with Crippen molar-refractivity contribution < 1.29 is 19.4 Å². The van der Waals surface area contributed by atoms with Gasteiger partial charge in [0.15, 0.2) is 0 Å². The van der Waals surface area contributed by atoms with Crippen LogP contribution in [0.15, 0.2) is 30.3 Å². The first-order valence-corrected chi connectivity index (χ1v) is 7.97. The van der Waals surface area contributed by atoms with Gasteiger partial charge in [-0.2, -0.15) is 0 Å². The van der Waals surface area contributed by atoms with Gasteiger partial charge in [-0.15, -0.1) is 0 Å². The molecular weight excluding hydrogens is 299 g/mol. The molecule has 0 spiro atoms. The lowest BCUT2D eigenvalue weighted by Crippen LogP contribution is -2.51. The van der Waals surface area contributed by atoms with Crippen molar-refractivity contribution in [2.45, 2.75) is 49.5 Å². The van der Waals surface area contributed by atoms with Crippen molar-refractivity contribution in [1.29, 1.82) is 0 Å². The topological polar surface area (TPSA) is 81.6 Å². The highest BCUT2D eigenvalue weighted by Gasteiger charge is 2.53. The zero-order valence-corrected chi connectivity index (χ0v) is 13.3. The van der Waals surface area contributed by atoms with Crippen LogP contribution in [0.4, 0.5) is 4.39 Å². The Morgan fingerprint density at radius 2 is 2.09 bits per heavy atom. The maximum absolute atomic E-state index is 14.7. The number of hydrogen-bond acceptors (Lipinski definition) is 4. The number of nitrogens with one attached hydrogen (secondary N) is 2. The summed E-state index contributed by atoms with van der Waals surface area (Å²) in [5, 5.41) is 24.7. The summed E-state index contributed by atoms with van der Waals surface area (Å²) < 4.78 is 14.7. The summed E-state index contributed by atoms with van der Waals surface area (Å²) in [6.07, 6.45) is -1.10. The third kappa shape index (κ3) is 4.07. The van der Waals surface area contributed by atoms with E-state index >= 15 is 0 Å². The summed E-state index contributed by atoms with van der Waals surface area (Å²) in [5.41, 5.74) is 0.0112. The van der Waals surface area contributed by atoms with Gasteiger partial charge in [0, 0.05) is 13.5 Å². The van der Waals surface area contributed by atoms with E-state index in [1.54, 1.807) is 0 Å². The molecule has 4 N–H and O–H groups in total. The van der Waals surface area contributed by atoms with Crippen molar-refractivity contribution in [2.24, 2.45) is 0 Å². The van der Waals surface area contributed by atoms with Crippen molar-refractivity contribution in [1.82, 2.24) is 10.6 Å². The van der Waals surface area contributed by atoms with E-state index in [4.69, 9.17) is 0 Å². The number of benzene rings is 1. The van der Waals surface area contributed by atoms with E-state index in [1.807, 2.05) is 30.3 Å². The molecule has 1 aromatic carbocycles. The van der Waals surface area contributed by atoms with Gasteiger partial charge in [0.25, 0.3) is 0 Å². The number of carbonyl (C=O) groups excluding carboxylic acids is 1. The second-order valence-electron chi connectivity index (χ2n) is 6.17. The number of amides is 1. The molecule has 0 aromatic heterocycles. The van der Waals surface area contributed by atoms with Gasteiger partial charge in [-0.3, -0.25) is 4.79 Å². The van der Waals surface area contributed by atoms with Crippen LogP contribution >= 0.6 is 0 Å². The number of aliphatic hydroxyl groups excluding tert-OH is 2. The third-order valence-electron chi connectivity index (χ3n) is 4.60. The minimum atomic E-state index is -1.59. The maximum atomic E-state index is 14.7. The predicted octanol–water partition coefficient (Wildman–Crippen LogP) is 0.547. The number of aliphatic hydroxyl groups is 2. The first-order chi connectivity index (χ1) is 11.0. The quantitative estimate of drug-likeness (QED) is 0.590. The van der Waals surface area contributed by atoms with Crippen LogP contribution in [0.25, 0.3) is 0 Å². The fraction of sp³-hybridized carbons (Fsp3) is 0.588. The lowest BCUT2D eigenvalue weighted by molar-refractivity contribution is -0.122. The number of carbonyl (C=O) groups is 1. The summed E-state index contributed by atoms with van der Waals surface area (Å²) in [4.78, 5) is 11.8. The monoisotopic (exact) mass is 324 g/mol. The van der Waals surface area contributed by atoms with Crippen LogP contribution in [0.3, 0.4) is 0 Å². The van der Waals surface area contributed by atoms with Crippen molar-refractivity contribution in [3.05, 3.63) is 35.9 Å². The zero-order valence-electron chi connectivity index (χ0n) is 13.3. The van der Waals surface area contributed by atoms with Crippen molar-refractivity contribution in [3.63, 3.8) is 0 Å². The Morgan fingerprint density at radius 3 is 2.65 bits per heavy atom. The van der Waals surface area contributed by atoms with Crippen LogP contribution in [-0.2, 0) is 11.2 Å². The van der Waals surface area contributed by atoms with Gasteiger partial charge in [0.2, 0.25) is 5.91 Å². The molecule has 2 rings (SSSR count). The third-order valence-corrected chi connectivity index (χ3v) is 4.60. The lowest BCUT2D eigenvalue weighted by Gasteiger charge is -2.31. The first kappa shape index (κ1) is 17.8. The summed E-state index contributed by atoms with van der Waals surface area (Å²) in [6.45, 7) is -0.365. The van der Waals surface area contributed by atoms with Gasteiger partial charge in [0.05, 0.1) is 18.2 Å². The minimum Gasteiger partial charge on any atom is -0.395 e. The Balaban J connectivity index is 2.06. The Labute approximate surface area is 135 Å². The molecule has 1 saturated heterocycles. The maximum Gasteiger partial charge on any atom is 0.221 e. The number of hydrogen-bond donors (Lipinski definition) is 4. The summed E-state index contributed by atoms with van der Waals surface area (Å²) in [6, 6.07) is 9.11. The molecule has 4 atom stereocenters. The predicted molar refractivity (Wildman–Crippen MR) is 85.7 cm³/mol. The van der Waals surface area contributed by atoms with Gasteiger partial charge < -0.3 is 20.8 Å². The van der Waals surface area contributed by atoms with E-state index in [0.29, 0.717) is 12.8 Å². The molecular formula is C17H25FN2O3. The molecule has 0 aliphatic carbocycles. The highest BCUT2D eigenvalue weighted by Crippen LogP contribution is 2.35. The van der Waals surface area contributed by atoms with Crippen LogP contribution in [0, 0.1) is 0 Å². The number of aryl methyl sites for hydroxylation is 1. The van der Waals surface area contributed by atoms with Crippen LogP contribution in [0.5, 0.6) is 0 Å². The van der Waals surface area contributed by atoms with Crippen molar-refractivity contribution in [3.8, 4) is 0 Å². The van der Waals surface area contributed by atoms with Gasteiger partial charge in [-0.1, -0.05) is 30.3 Å². The molecule has 0 saturated carbocycles. The second-order valence-corrected chi connectivity index (χ2v) is 6.17. The largest absolute Gasteiger partial charge is 0.395 e. The van der Waals surface area contributed by atoms with Gasteiger partial charge in [-0.25, -0.2) is 4.39 Å². The second kappa shape index (κ2) is 7.86. The van der Waals surface area contributed by atoms with E-state index < -0.39 is 23.9 Å². The molecule has 0 radical (unpaired) electrons. The number of rotatable bonds is 7. The van der Waals surface area contributed by atoms with E-state index in [-0.39, 0.29) is 18.9 Å². The van der Waals surface area contributed by atoms with E-state index in [1.165, 1.54) is 7.05 Å². The molecule has 1 aromatic rings. The Morgan fingerprint density at radius 1 is 1.39 bits per heavy atom. The SMILES string of the molecule is CNC(=O)C[C@@]1(CCCc2ccccc2)N[C@H](CO)[C@@H](O)[C@H]1F. The molecule has 1 aliphatic rings. The standard InChI is InChI=1S/C17H25FN2O3/c1-19-14(22)10-17(16(18)15(23)13(11-21)20-17)9-5-8-12-6-3-2-4-7-12/h2-4,6-7,13,15-16,20-21,23H,5,8-11H2,1H3,(H,19,22)/t13-,15-,16-,17-/m1/s1. The molecule has 1 fully saturated rings. The highest BCUT2D eigenvalue weighted by atomic mass is 19.1. The van der Waals surface area contributed by atoms with Crippen molar-refractivity contribution >= 4 is 5.91 Å². The minimum absolute atomic E-state index is 0.0625. The summed E-state index contributed by atoms with van der Waals surface area (Å²) in [7, 11) is 1.50. The van der Waals surface area contributed by atoms with Crippen LogP contribution < -0.4 is 10.6 Å². The fourth-order valence-electron chi connectivity index (χ4n) is 3.29. The lowest BCUT2D eigenvalue weighted by atomic mass is 9.84. The van der Waals surface area contributed by atoms with Crippen LogP contribution in [-0.4, -0.2) is 53.6 Å². The Bertz CT molecular complexity index is 514. The smallest absolute Gasteiger partial charge is 0.221 e. The number of halogens is 1. The Kier molecular flexibility index (Phi) is 6.10. The number of alkyl halides is 1. The van der Waals surface area contributed by atoms with Crippen LogP contribution in [0.2, 0.25) is 0 Å². The zero-order chi connectivity index (χ0) is 16.9. The molecule has 23 heavy (non-hydrogen) atoms. The molecule has 5 nitrogen and oxygen atoms in total. The molecule has 6 heteroatoms. The Hall–Kier alpha value is -1.50. The molecule has 1 aliphatic heterocycles. The summed E-state index contributed by atoms with van der Waals surface area (Å²) in [5.74, 6) is -0.286. The average molecular weight is 324 g/mol. The van der Waals surface area contributed by atoms with Gasteiger partial charge >= 0.3 is 0 Å². The summed E-state index contributed by atoms with van der Waals surface area (Å²) >= 11 is 0. The highest BCUT2D eigenvalue weighted by molar-refractivity contribution is 5.77. The molecule has 0 bridgehead atoms.